The Bertz CT molecular complexity index is 1120. The van der Waals surface area contributed by atoms with E-state index in [-0.39, 0.29) is 29.7 Å². The third-order valence-electron chi connectivity index (χ3n) is 4.69. The van der Waals surface area contributed by atoms with Gasteiger partial charge in [-0.3, -0.25) is 19.0 Å². The lowest BCUT2D eigenvalue weighted by molar-refractivity contribution is -0.124. The van der Waals surface area contributed by atoms with Crippen molar-refractivity contribution in [1.29, 1.82) is 5.26 Å². The maximum absolute atomic E-state index is 12.9. The number of hydrogen-bond donors (Lipinski definition) is 2. The molecule has 2 amide bonds. The second-order valence-electron chi connectivity index (χ2n) is 7.78. The lowest BCUT2D eigenvalue weighted by Gasteiger charge is -2.17. The first kappa shape index (κ1) is 21.1. The van der Waals surface area contributed by atoms with Crippen molar-refractivity contribution in [3.05, 3.63) is 33.8 Å². The molecule has 0 bridgehead atoms. The number of carbonyl (C=O) groups is 2. The Morgan fingerprint density at radius 3 is 2.77 bits per heavy atom. The standard InChI is InChI=1S/C20H24N6O4/c1-12(2)11-25-18-13(4-7-15(27)24(3)9-8-21)10-22-26(18)20(30)16(19(25)29)17(28)23-14-5-6-14/h4,7,10,12,14,29H,5-6,9,11H2,1-3H3,(H,23,28). The van der Waals surface area contributed by atoms with E-state index in [4.69, 9.17) is 5.26 Å². The first-order valence-electron chi connectivity index (χ1n) is 9.69. The van der Waals surface area contributed by atoms with Gasteiger partial charge in [-0.05, 0) is 24.8 Å². The van der Waals surface area contributed by atoms with E-state index in [1.807, 2.05) is 19.9 Å². The zero-order valence-corrected chi connectivity index (χ0v) is 17.1. The molecule has 3 rings (SSSR count). The Kier molecular flexibility index (Phi) is 5.91. The molecule has 1 aliphatic rings. The summed E-state index contributed by atoms with van der Waals surface area (Å²) in [6, 6.07) is 1.92. The number of hydrogen-bond acceptors (Lipinski definition) is 6. The molecule has 30 heavy (non-hydrogen) atoms. The molecule has 0 saturated heterocycles. The summed E-state index contributed by atoms with van der Waals surface area (Å²) in [7, 11) is 1.50. The summed E-state index contributed by atoms with van der Waals surface area (Å²) in [5.41, 5.74) is -0.371. The van der Waals surface area contributed by atoms with Crippen molar-refractivity contribution in [1.82, 2.24) is 24.4 Å². The molecule has 2 aromatic rings. The lowest BCUT2D eigenvalue weighted by Crippen LogP contribution is -2.34. The van der Waals surface area contributed by atoms with Crippen LogP contribution in [-0.2, 0) is 11.3 Å². The summed E-state index contributed by atoms with van der Waals surface area (Å²) in [6.07, 6.45) is 5.82. The Hall–Kier alpha value is -3.61. The number of nitrogens with one attached hydrogen (secondary N) is 1. The minimum Gasteiger partial charge on any atom is -0.494 e. The summed E-state index contributed by atoms with van der Waals surface area (Å²) >= 11 is 0. The summed E-state index contributed by atoms with van der Waals surface area (Å²) in [5, 5.41) is 26.3. The summed E-state index contributed by atoms with van der Waals surface area (Å²) < 4.78 is 2.52. The van der Waals surface area contributed by atoms with E-state index in [2.05, 4.69) is 10.4 Å². The third kappa shape index (κ3) is 4.20. The molecule has 2 N–H and O–H groups in total. The van der Waals surface area contributed by atoms with Gasteiger partial charge in [-0.15, -0.1) is 0 Å². The van der Waals surface area contributed by atoms with Crippen LogP contribution in [0.3, 0.4) is 0 Å². The third-order valence-corrected chi connectivity index (χ3v) is 4.69. The van der Waals surface area contributed by atoms with E-state index >= 15 is 0 Å². The topological polar surface area (TPSA) is 133 Å². The molecule has 2 aromatic heterocycles. The fourth-order valence-electron chi connectivity index (χ4n) is 3.02. The van der Waals surface area contributed by atoms with Crippen LogP contribution < -0.4 is 10.9 Å². The molecule has 10 heteroatoms. The predicted molar refractivity (Wildman–Crippen MR) is 109 cm³/mol. The zero-order chi connectivity index (χ0) is 22.0. The van der Waals surface area contributed by atoms with Crippen LogP contribution in [0, 0.1) is 17.2 Å². The fraction of sp³-hybridized carbons (Fsp3) is 0.450. The number of aromatic nitrogens is 3. The normalized spacial score (nSPS) is 13.7. The van der Waals surface area contributed by atoms with Gasteiger partial charge >= 0.3 is 0 Å². The highest BCUT2D eigenvalue weighted by molar-refractivity contribution is 5.97. The van der Waals surface area contributed by atoms with Gasteiger partial charge in [0.2, 0.25) is 11.8 Å². The van der Waals surface area contributed by atoms with Crippen LogP contribution in [0.4, 0.5) is 0 Å². The number of amides is 2. The Labute approximate surface area is 173 Å². The number of nitrogens with zero attached hydrogens (tertiary/aromatic N) is 5. The van der Waals surface area contributed by atoms with Gasteiger partial charge in [-0.2, -0.15) is 14.9 Å². The fourth-order valence-corrected chi connectivity index (χ4v) is 3.02. The molecule has 0 aliphatic heterocycles. The van der Waals surface area contributed by atoms with E-state index in [9.17, 15) is 19.5 Å². The van der Waals surface area contributed by atoms with Gasteiger partial charge in [-0.1, -0.05) is 13.8 Å². The minimum absolute atomic E-state index is 0.0260. The molecule has 0 aromatic carbocycles. The molecule has 0 spiro atoms. The number of rotatable bonds is 7. The molecular weight excluding hydrogens is 388 g/mol. The van der Waals surface area contributed by atoms with Crippen molar-refractivity contribution in [2.24, 2.45) is 5.92 Å². The molecule has 1 saturated carbocycles. The first-order chi connectivity index (χ1) is 14.2. The molecule has 1 aliphatic carbocycles. The molecular formula is C20H24N6O4. The van der Waals surface area contributed by atoms with Gasteiger partial charge in [-0.25, -0.2) is 0 Å². The van der Waals surface area contributed by atoms with Crippen LogP contribution >= 0.6 is 0 Å². The van der Waals surface area contributed by atoms with Crippen molar-refractivity contribution in [3.8, 4) is 11.9 Å². The van der Waals surface area contributed by atoms with Crippen molar-refractivity contribution in [2.75, 3.05) is 13.6 Å². The minimum atomic E-state index is -0.728. The second-order valence-corrected chi connectivity index (χ2v) is 7.78. The molecule has 0 radical (unpaired) electrons. The molecule has 0 atom stereocenters. The van der Waals surface area contributed by atoms with E-state index < -0.39 is 23.3 Å². The van der Waals surface area contributed by atoms with Crippen LogP contribution in [0.25, 0.3) is 11.7 Å². The molecule has 10 nitrogen and oxygen atoms in total. The SMILES string of the molecule is CC(C)Cn1c(O)c(C(=O)NC2CC2)c(=O)n2ncc(C=CC(=O)N(C)CC#N)c12. The van der Waals surface area contributed by atoms with Gasteiger partial charge in [0.05, 0.1) is 12.3 Å². The van der Waals surface area contributed by atoms with Crippen molar-refractivity contribution in [3.63, 3.8) is 0 Å². The largest absolute Gasteiger partial charge is 0.494 e. The average Bonchev–Trinajstić information content (AvgIpc) is 3.39. The van der Waals surface area contributed by atoms with Gasteiger partial charge in [0.15, 0.2) is 5.56 Å². The maximum Gasteiger partial charge on any atom is 0.291 e. The van der Waals surface area contributed by atoms with Crippen molar-refractivity contribution in [2.45, 2.75) is 39.3 Å². The highest BCUT2D eigenvalue weighted by Gasteiger charge is 2.29. The van der Waals surface area contributed by atoms with Crippen LogP contribution in [-0.4, -0.2) is 55.6 Å². The Balaban J connectivity index is 2.11. The first-order valence-corrected chi connectivity index (χ1v) is 9.69. The number of likely N-dealkylation sites (N-methyl/N-ethyl adjacent to an activating group) is 1. The average molecular weight is 412 g/mol. The monoisotopic (exact) mass is 412 g/mol. The van der Waals surface area contributed by atoms with Crippen LogP contribution in [0.15, 0.2) is 17.1 Å². The van der Waals surface area contributed by atoms with Crippen molar-refractivity contribution >= 4 is 23.5 Å². The smallest absolute Gasteiger partial charge is 0.291 e. The van der Waals surface area contributed by atoms with Crippen LogP contribution in [0.2, 0.25) is 0 Å². The summed E-state index contributed by atoms with van der Waals surface area (Å²) in [4.78, 5) is 38.8. The summed E-state index contributed by atoms with van der Waals surface area (Å²) in [5.74, 6) is -1.35. The Morgan fingerprint density at radius 1 is 1.47 bits per heavy atom. The molecule has 1 fully saturated rings. The molecule has 158 valence electrons. The maximum atomic E-state index is 12.9. The molecule has 0 unspecified atom stereocenters. The lowest BCUT2D eigenvalue weighted by atomic mass is 10.2. The second kappa shape index (κ2) is 8.41. The Morgan fingerprint density at radius 2 is 2.17 bits per heavy atom. The van der Waals surface area contributed by atoms with Gasteiger partial charge in [0.1, 0.15) is 12.2 Å². The highest BCUT2D eigenvalue weighted by Crippen LogP contribution is 2.24. The van der Waals surface area contributed by atoms with E-state index in [0.29, 0.717) is 12.1 Å². The summed E-state index contributed by atoms with van der Waals surface area (Å²) in [6.45, 7) is 4.14. The predicted octanol–water partition coefficient (Wildman–Crippen LogP) is 0.745. The van der Waals surface area contributed by atoms with Gasteiger partial charge < -0.3 is 15.3 Å². The number of fused-ring (bicyclic) bond motifs is 1. The quantitative estimate of drug-likeness (QED) is 0.509. The highest BCUT2D eigenvalue weighted by atomic mass is 16.3. The zero-order valence-electron chi connectivity index (χ0n) is 17.1. The van der Waals surface area contributed by atoms with E-state index in [1.165, 1.54) is 34.9 Å². The van der Waals surface area contributed by atoms with Gasteiger partial charge in [0, 0.05) is 31.3 Å². The van der Waals surface area contributed by atoms with Gasteiger partial charge in [0.25, 0.3) is 11.5 Å². The van der Waals surface area contributed by atoms with E-state index in [1.54, 1.807) is 0 Å². The number of carbonyl (C=O) groups excluding carboxylic acids is 2. The van der Waals surface area contributed by atoms with Crippen molar-refractivity contribution < 1.29 is 14.7 Å². The number of nitriles is 1. The number of aromatic hydroxyl groups is 1. The van der Waals surface area contributed by atoms with Crippen LogP contribution in [0.1, 0.15) is 42.6 Å². The van der Waals surface area contributed by atoms with Crippen LogP contribution in [0.5, 0.6) is 5.88 Å². The molecule has 2 heterocycles. The van der Waals surface area contributed by atoms with E-state index in [0.717, 1.165) is 17.4 Å².